The van der Waals surface area contributed by atoms with Crippen LogP contribution in [0.2, 0.25) is 0 Å². The molecule has 0 unspecified atom stereocenters. The zero-order valence-corrected chi connectivity index (χ0v) is 12.7. The molecule has 114 valence electrons. The topological polar surface area (TPSA) is 88.9 Å². The number of anilines is 1. The van der Waals surface area contributed by atoms with Gasteiger partial charge in [0.15, 0.2) is 0 Å². The second kappa shape index (κ2) is 7.19. The Bertz CT molecular complexity index is 655. The van der Waals surface area contributed by atoms with Crippen molar-refractivity contribution in [3.8, 4) is 0 Å². The molecule has 0 amide bonds. The van der Waals surface area contributed by atoms with Gasteiger partial charge in [-0.25, -0.2) is 18.1 Å². The third-order valence-electron chi connectivity index (χ3n) is 2.86. The molecule has 0 saturated heterocycles. The van der Waals surface area contributed by atoms with Crippen LogP contribution in [0, 0.1) is 0 Å². The number of rotatable bonds is 8. The van der Waals surface area contributed by atoms with Gasteiger partial charge in [0.25, 0.3) is 0 Å². The Kier molecular flexibility index (Phi) is 5.29. The summed E-state index contributed by atoms with van der Waals surface area (Å²) in [7, 11) is -3.58. The van der Waals surface area contributed by atoms with Gasteiger partial charge in [-0.2, -0.15) is 0 Å². The van der Waals surface area contributed by atoms with Crippen LogP contribution in [0.15, 0.2) is 42.1 Å². The van der Waals surface area contributed by atoms with Gasteiger partial charge < -0.3 is 9.88 Å². The van der Waals surface area contributed by atoms with Crippen LogP contribution >= 0.6 is 0 Å². The van der Waals surface area contributed by atoms with Gasteiger partial charge in [-0.15, -0.1) is 0 Å². The third kappa shape index (κ3) is 4.27. The first kappa shape index (κ1) is 15.5. The predicted molar refractivity (Wildman–Crippen MR) is 80.4 cm³/mol. The number of hydrogen-bond acceptors (Lipinski definition) is 5. The molecule has 2 heterocycles. The average molecular weight is 309 g/mol. The number of aromatic nitrogens is 3. The smallest absolute Gasteiger partial charge is 0.244 e. The van der Waals surface area contributed by atoms with E-state index in [-0.39, 0.29) is 4.90 Å². The molecule has 21 heavy (non-hydrogen) atoms. The fourth-order valence-electron chi connectivity index (χ4n) is 1.81. The zero-order valence-electron chi connectivity index (χ0n) is 11.9. The Morgan fingerprint density at radius 2 is 2.10 bits per heavy atom. The van der Waals surface area contributed by atoms with Crippen molar-refractivity contribution in [3.05, 3.63) is 37.2 Å². The minimum atomic E-state index is -3.58. The second-order valence-corrected chi connectivity index (χ2v) is 6.23. The van der Waals surface area contributed by atoms with Crippen molar-refractivity contribution in [2.75, 3.05) is 18.4 Å². The van der Waals surface area contributed by atoms with E-state index in [1.807, 2.05) is 11.5 Å². The molecule has 0 radical (unpaired) electrons. The molecule has 0 aromatic carbocycles. The molecule has 8 heteroatoms. The van der Waals surface area contributed by atoms with Gasteiger partial charge >= 0.3 is 0 Å². The van der Waals surface area contributed by atoms with E-state index in [0.717, 1.165) is 6.42 Å². The molecule has 0 fully saturated rings. The molecule has 0 aliphatic rings. The van der Waals surface area contributed by atoms with Crippen molar-refractivity contribution in [2.24, 2.45) is 0 Å². The highest BCUT2D eigenvalue weighted by molar-refractivity contribution is 7.89. The van der Waals surface area contributed by atoms with Crippen molar-refractivity contribution < 1.29 is 8.42 Å². The van der Waals surface area contributed by atoms with Crippen LogP contribution in [0.3, 0.4) is 0 Å². The van der Waals surface area contributed by atoms with Crippen molar-refractivity contribution in [1.29, 1.82) is 0 Å². The molecule has 0 saturated carbocycles. The minimum absolute atomic E-state index is 0.170. The van der Waals surface area contributed by atoms with E-state index in [1.165, 1.54) is 6.20 Å². The maximum absolute atomic E-state index is 12.3. The Hall–Kier alpha value is -1.93. The van der Waals surface area contributed by atoms with Gasteiger partial charge in [0.1, 0.15) is 4.90 Å². The molecule has 2 aromatic rings. The Morgan fingerprint density at radius 3 is 2.81 bits per heavy atom. The van der Waals surface area contributed by atoms with Gasteiger partial charge in [0.05, 0.1) is 12.0 Å². The fraction of sp³-hybridized carbons (Fsp3) is 0.385. The van der Waals surface area contributed by atoms with E-state index >= 15 is 0 Å². The number of imidazole rings is 1. The monoisotopic (exact) mass is 309 g/mol. The largest absolute Gasteiger partial charge is 0.384 e. The highest BCUT2D eigenvalue weighted by atomic mass is 32.2. The summed E-state index contributed by atoms with van der Waals surface area (Å²) in [5.74, 6) is 0. The first-order valence-electron chi connectivity index (χ1n) is 6.77. The second-order valence-electron chi connectivity index (χ2n) is 4.50. The lowest BCUT2D eigenvalue weighted by Gasteiger charge is -2.12. The molecule has 0 bridgehead atoms. The molecule has 2 aromatic heterocycles. The standard InChI is InChI=1S/C13H19N5O2S/c1-2-4-16-12-3-5-14-10-13(12)21(19,20)17-7-9-18-8-6-15-11-18/h3,5-6,8,10-11,17H,2,4,7,9H2,1H3,(H,14,16). The Labute approximate surface area is 124 Å². The molecular formula is C13H19N5O2S. The molecule has 7 nitrogen and oxygen atoms in total. The highest BCUT2D eigenvalue weighted by Gasteiger charge is 2.18. The van der Waals surface area contributed by atoms with Gasteiger partial charge in [-0.3, -0.25) is 4.98 Å². The number of hydrogen-bond donors (Lipinski definition) is 2. The number of nitrogens with zero attached hydrogens (tertiary/aromatic N) is 3. The summed E-state index contributed by atoms with van der Waals surface area (Å²) in [6.45, 7) is 3.55. The third-order valence-corrected chi connectivity index (χ3v) is 4.35. The van der Waals surface area contributed by atoms with E-state index < -0.39 is 10.0 Å². The lowest BCUT2D eigenvalue weighted by molar-refractivity contribution is 0.572. The van der Waals surface area contributed by atoms with E-state index in [9.17, 15) is 8.42 Å². The summed E-state index contributed by atoms with van der Waals surface area (Å²) in [5, 5.41) is 3.10. The van der Waals surface area contributed by atoms with Crippen LogP contribution in [0.25, 0.3) is 0 Å². The fourth-order valence-corrected chi connectivity index (χ4v) is 2.95. The maximum Gasteiger partial charge on any atom is 0.244 e. The van der Waals surface area contributed by atoms with Crippen LogP contribution in [0.1, 0.15) is 13.3 Å². The van der Waals surface area contributed by atoms with Crippen molar-refractivity contribution >= 4 is 15.7 Å². The summed E-state index contributed by atoms with van der Waals surface area (Å²) < 4.78 is 29.0. The lowest BCUT2D eigenvalue weighted by atomic mass is 10.4. The van der Waals surface area contributed by atoms with E-state index in [1.54, 1.807) is 31.0 Å². The summed E-state index contributed by atoms with van der Waals surface area (Å²) >= 11 is 0. The van der Waals surface area contributed by atoms with Crippen molar-refractivity contribution in [2.45, 2.75) is 24.8 Å². The van der Waals surface area contributed by atoms with Crippen LogP contribution in [-0.2, 0) is 16.6 Å². The molecule has 0 aliphatic heterocycles. The normalized spacial score (nSPS) is 11.5. The lowest BCUT2D eigenvalue weighted by Crippen LogP contribution is -2.28. The van der Waals surface area contributed by atoms with Gasteiger partial charge in [0, 0.05) is 44.4 Å². The zero-order chi connectivity index (χ0) is 15.1. The summed E-state index contributed by atoms with van der Waals surface area (Å²) in [6.07, 6.45) is 8.93. The number of pyridine rings is 1. The van der Waals surface area contributed by atoms with E-state index in [2.05, 4.69) is 20.0 Å². The first-order chi connectivity index (χ1) is 10.1. The first-order valence-corrected chi connectivity index (χ1v) is 8.25. The Morgan fingerprint density at radius 1 is 1.24 bits per heavy atom. The van der Waals surface area contributed by atoms with Gasteiger partial charge in [-0.1, -0.05) is 6.92 Å². The highest BCUT2D eigenvalue weighted by Crippen LogP contribution is 2.19. The molecule has 0 spiro atoms. The Balaban J connectivity index is 2.04. The van der Waals surface area contributed by atoms with Crippen LogP contribution in [0.5, 0.6) is 0 Å². The molecule has 0 atom stereocenters. The summed E-state index contributed by atoms with van der Waals surface area (Å²) in [4.78, 5) is 7.98. The van der Waals surface area contributed by atoms with Crippen LogP contribution < -0.4 is 10.0 Å². The van der Waals surface area contributed by atoms with E-state index in [4.69, 9.17) is 0 Å². The minimum Gasteiger partial charge on any atom is -0.384 e. The molecule has 2 N–H and O–H groups in total. The quantitative estimate of drug-likeness (QED) is 0.761. The molecular weight excluding hydrogens is 290 g/mol. The SMILES string of the molecule is CCCNc1ccncc1S(=O)(=O)NCCn1ccnc1. The maximum atomic E-state index is 12.3. The molecule has 2 rings (SSSR count). The summed E-state index contributed by atoms with van der Waals surface area (Å²) in [5.41, 5.74) is 0.571. The van der Waals surface area contributed by atoms with Gasteiger partial charge in [-0.05, 0) is 12.5 Å². The number of sulfonamides is 1. The predicted octanol–water partition coefficient (Wildman–Crippen LogP) is 1.08. The van der Waals surface area contributed by atoms with Crippen LogP contribution in [0.4, 0.5) is 5.69 Å². The van der Waals surface area contributed by atoms with Crippen molar-refractivity contribution in [1.82, 2.24) is 19.3 Å². The van der Waals surface area contributed by atoms with Crippen LogP contribution in [-0.4, -0.2) is 36.0 Å². The molecule has 0 aliphatic carbocycles. The van der Waals surface area contributed by atoms with E-state index in [0.29, 0.717) is 25.3 Å². The van der Waals surface area contributed by atoms with Crippen molar-refractivity contribution in [3.63, 3.8) is 0 Å². The summed E-state index contributed by atoms with van der Waals surface area (Å²) in [6, 6.07) is 1.67. The van der Waals surface area contributed by atoms with Gasteiger partial charge in [0.2, 0.25) is 10.0 Å². The number of nitrogens with one attached hydrogen (secondary N) is 2. The average Bonchev–Trinajstić information content (AvgIpc) is 2.98.